The van der Waals surface area contributed by atoms with E-state index in [2.05, 4.69) is 0 Å². The first-order valence-corrected chi connectivity index (χ1v) is 6.17. The molecule has 1 aromatic carbocycles. The number of rotatable bonds is 5. The molecule has 0 unspecified atom stereocenters. The first-order chi connectivity index (χ1) is 9.21. The summed E-state index contributed by atoms with van der Waals surface area (Å²) in [6.07, 6.45) is 0. The number of benzene rings is 1. The summed E-state index contributed by atoms with van der Waals surface area (Å²) in [6, 6.07) is 5.92. The van der Waals surface area contributed by atoms with Crippen molar-refractivity contribution in [3.63, 3.8) is 0 Å². The average molecular weight is 278 g/mol. The van der Waals surface area contributed by atoms with Crippen molar-refractivity contribution in [3.8, 4) is 0 Å². The summed E-state index contributed by atoms with van der Waals surface area (Å²) in [6.45, 7) is 4.84. The zero-order chi connectivity index (χ0) is 15.5. The molecule has 0 saturated heterocycles. The molecule has 0 aliphatic rings. The monoisotopic (exact) mass is 278 g/mol. The van der Waals surface area contributed by atoms with E-state index in [0.717, 1.165) is 0 Å². The zero-order valence-electron chi connectivity index (χ0n) is 11.7. The van der Waals surface area contributed by atoms with Gasteiger partial charge in [0.1, 0.15) is 5.54 Å². The first kappa shape index (κ1) is 15.7. The van der Waals surface area contributed by atoms with Crippen LogP contribution < -0.4 is 5.73 Å². The van der Waals surface area contributed by atoms with Crippen molar-refractivity contribution in [1.82, 2.24) is 4.90 Å². The Balaban J connectivity index is 3.18. The van der Waals surface area contributed by atoms with Crippen LogP contribution in [0.2, 0.25) is 0 Å². The van der Waals surface area contributed by atoms with Crippen LogP contribution in [0.5, 0.6) is 0 Å². The average Bonchev–Trinajstić information content (AvgIpc) is 2.39. The van der Waals surface area contributed by atoms with Crippen LogP contribution in [-0.4, -0.2) is 39.9 Å². The van der Waals surface area contributed by atoms with Crippen LogP contribution in [0.3, 0.4) is 0 Å². The number of carbonyl (C=O) groups excluding carboxylic acids is 2. The summed E-state index contributed by atoms with van der Waals surface area (Å²) in [4.78, 5) is 36.0. The lowest BCUT2D eigenvalue weighted by atomic mass is 10.0. The van der Waals surface area contributed by atoms with Gasteiger partial charge in [-0.15, -0.1) is 0 Å². The first-order valence-electron chi connectivity index (χ1n) is 6.17. The topological polar surface area (TPSA) is 101 Å². The summed E-state index contributed by atoms with van der Waals surface area (Å²) in [5.74, 6) is -2.19. The van der Waals surface area contributed by atoms with E-state index < -0.39 is 23.3 Å². The van der Waals surface area contributed by atoms with E-state index in [0.29, 0.717) is 0 Å². The molecule has 2 amide bonds. The molecule has 0 spiro atoms. The van der Waals surface area contributed by atoms with Gasteiger partial charge < -0.3 is 15.7 Å². The fourth-order valence-electron chi connectivity index (χ4n) is 1.87. The Morgan fingerprint density at radius 3 is 2.25 bits per heavy atom. The number of carboxylic acid groups (broad SMARTS) is 1. The summed E-state index contributed by atoms with van der Waals surface area (Å²) >= 11 is 0. The van der Waals surface area contributed by atoms with Gasteiger partial charge in [-0.05, 0) is 39.0 Å². The summed E-state index contributed by atoms with van der Waals surface area (Å²) in [7, 11) is 0. The van der Waals surface area contributed by atoms with E-state index in [1.807, 2.05) is 0 Å². The number of hydrogen-bond donors (Lipinski definition) is 2. The predicted octanol–water partition coefficient (Wildman–Crippen LogP) is 1.11. The van der Waals surface area contributed by atoms with Gasteiger partial charge in [-0.3, -0.25) is 9.59 Å². The second-order valence-electron chi connectivity index (χ2n) is 4.86. The van der Waals surface area contributed by atoms with E-state index in [-0.39, 0.29) is 17.7 Å². The highest BCUT2D eigenvalue weighted by molar-refractivity contribution is 6.00. The number of hydrogen-bond acceptors (Lipinski definition) is 3. The van der Waals surface area contributed by atoms with E-state index in [4.69, 9.17) is 5.73 Å². The second-order valence-corrected chi connectivity index (χ2v) is 4.86. The minimum absolute atomic E-state index is 0.208. The molecule has 0 heterocycles. The molecule has 0 fully saturated rings. The molecule has 20 heavy (non-hydrogen) atoms. The molecule has 0 aliphatic carbocycles. The number of nitrogens with two attached hydrogens (primary N) is 1. The third-order valence-electron chi connectivity index (χ3n) is 3.15. The van der Waals surface area contributed by atoms with Crippen molar-refractivity contribution in [2.75, 3.05) is 6.54 Å². The van der Waals surface area contributed by atoms with Crippen molar-refractivity contribution >= 4 is 17.8 Å². The zero-order valence-corrected chi connectivity index (χ0v) is 11.7. The van der Waals surface area contributed by atoms with Crippen LogP contribution in [0, 0.1) is 0 Å². The van der Waals surface area contributed by atoms with E-state index >= 15 is 0 Å². The van der Waals surface area contributed by atoms with Crippen molar-refractivity contribution in [2.24, 2.45) is 5.73 Å². The molecular formula is C14H18N2O4. The van der Waals surface area contributed by atoms with E-state index in [9.17, 15) is 19.5 Å². The molecule has 0 aliphatic heterocycles. The number of nitrogens with zero attached hydrogens (tertiary/aromatic N) is 1. The second kappa shape index (κ2) is 5.73. The minimum Gasteiger partial charge on any atom is -0.480 e. The molecule has 0 atom stereocenters. The molecule has 1 rings (SSSR count). The molecule has 0 radical (unpaired) electrons. The molecule has 6 heteroatoms. The third-order valence-corrected chi connectivity index (χ3v) is 3.15. The Morgan fingerprint density at radius 2 is 1.80 bits per heavy atom. The molecule has 3 N–H and O–H groups in total. The van der Waals surface area contributed by atoms with Gasteiger partial charge in [0.2, 0.25) is 5.91 Å². The van der Waals surface area contributed by atoms with E-state index in [1.54, 1.807) is 6.92 Å². The molecule has 0 bridgehead atoms. The maximum atomic E-state index is 12.4. The minimum atomic E-state index is -1.34. The molecule has 0 aromatic heterocycles. The van der Waals surface area contributed by atoms with Crippen LogP contribution in [0.1, 0.15) is 41.5 Å². The number of amides is 2. The van der Waals surface area contributed by atoms with Crippen molar-refractivity contribution in [2.45, 2.75) is 26.3 Å². The SMILES string of the molecule is CCN(C(=O)c1cccc(C(N)=O)c1)C(C)(C)C(=O)O. The predicted molar refractivity (Wildman–Crippen MR) is 73.4 cm³/mol. The number of carbonyl (C=O) groups is 3. The standard InChI is InChI=1S/C14H18N2O4/c1-4-16(14(2,3)13(19)20)12(18)10-7-5-6-9(8-10)11(15)17/h5-8H,4H2,1-3H3,(H2,15,17)(H,19,20). The van der Waals surface area contributed by atoms with Crippen LogP contribution in [-0.2, 0) is 4.79 Å². The summed E-state index contributed by atoms with van der Waals surface area (Å²) < 4.78 is 0. The Hall–Kier alpha value is -2.37. The van der Waals surface area contributed by atoms with Crippen LogP contribution in [0.15, 0.2) is 24.3 Å². The molecule has 0 saturated carbocycles. The Labute approximate surface area is 117 Å². The highest BCUT2D eigenvalue weighted by Crippen LogP contribution is 2.18. The highest BCUT2D eigenvalue weighted by Gasteiger charge is 2.37. The highest BCUT2D eigenvalue weighted by atomic mass is 16.4. The fraction of sp³-hybridized carbons (Fsp3) is 0.357. The van der Waals surface area contributed by atoms with Gasteiger partial charge >= 0.3 is 5.97 Å². The molecular weight excluding hydrogens is 260 g/mol. The van der Waals surface area contributed by atoms with Crippen LogP contribution >= 0.6 is 0 Å². The maximum Gasteiger partial charge on any atom is 0.329 e. The van der Waals surface area contributed by atoms with Crippen LogP contribution in [0.25, 0.3) is 0 Å². The van der Waals surface area contributed by atoms with Crippen LogP contribution in [0.4, 0.5) is 0 Å². The molecule has 108 valence electrons. The lowest BCUT2D eigenvalue weighted by Crippen LogP contribution is -2.52. The molecule has 6 nitrogen and oxygen atoms in total. The normalized spacial score (nSPS) is 10.9. The van der Waals surface area contributed by atoms with Gasteiger partial charge in [0.15, 0.2) is 0 Å². The van der Waals surface area contributed by atoms with Crippen molar-refractivity contribution < 1.29 is 19.5 Å². The number of aliphatic carboxylic acids is 1. The van der Waals surface area contributed by atoms with E-state index in [1.165, 1.54) is 43.0 Å². The largest absolute Gasteiger partial charge is 0.480 e. The smallest absolute Gasteiger partial charge is 0.329 e. The van der Waals surface area contributed by atoms with Crippen molar-refractivity contribution in [1.29, 1.82) is 0 Å². The van der Waals surface area contributed by atoms with Gasteiger partial charge in [0.05, 0.1) is 0 Å². The Kier molecular flexibility index (Phi) is 4.49. The van der Waals surface area contributed by atoms with Gasteiger partial charge in [0.25, 0.3) is 5.91 Å². The summed E-state index contributed by atoms with van der Waals surface area (Å²) in [5.41, 5.74) is 4.27. The van der Waals surface area contributed by atoms with Crippen molar-refractivity contribution in [3.05, 3.63) is 35.4 Å². The van der Waals surface area contributed by atoms with Gasteiger partial charge in [-0.1, -0.05) is 6.07 Å². The Morgan fingerprint density at radius 1 is 1.25 bits per heavy atom. The number of primary amides is 1. The van der Waals surface area contributed by atoms with Gasteiger partial charge in [-0.25, -0.2) is 4.79 Å². The Bertz CT molecular complexity index is 552. The van der Waals surface area contributed by atoms with Gasteiger partial charge in [-0.2, -0.15) is 0 Å². The maximum absolute atomic E-state index is 12.4. The quantitative estimate of drug-likeness (QED) is 0.842. The third kappa shape index (κ3) is 2.96. The number of likely N-dealkylation sites (N-methyl/N-ethyl adjacent to an activating group) is 1. The summed E-state index contributed by atoms with van der Waals surface area (Å²) in [5, 5.41) is 9.21. The molecule has 1 aromatic rings. The lowest BCUT2D eigenvalue weighted by molar-refractivity contribution is -0.147. The van der Waals surface area contributed by atoms with Gasteiger partial charge in [0, 0.05) is 17.7 Å². The fourth-order valence-corrected chi connectivity index (χ4v) is 1.87. The number of carboxylic acids is 1. The lowest BCUT2D eigenvalue weighted by Gasteiger charge is -2.34.